The van der Waals surface area contributed by atoms with E-state index in [4.69, 9.17) is 19.7 Å². The van der Waals surface area contributed by atoms with Crippen LogP contribution in [0.1, 0.15) is 0 Å². The molecule has 0 radical (unpaired) electrons. The Morgan fingerprint density at radius 2 is 1.94 bits per heavy atom. The summed E-state index contributed by atoms with van der Waals surface area (Å²) in [5.74, 6) is 0. The molecule has 108 valence electrons. The van der Waals surface area contributed by atoms with Crippen LogP contribution in [0.4, 0.5) is 0 Å². The fraction of sp³-hybridized carbons (Fsp3) is 1.00. The van der Waals surface area contributed by atoms with Crippen LogP contribution in [-0.4, -0.2) is 77.8 Å². The van der Waals surface area contributed by atoms with Crippen LogP contribution in [0.25, 0.3) is 0 Å². The molecule has 1 aliphatic rings. The van der Waals surface area contributed by atoms with Crippen molar-refractivity contribution < 1.29 is 33.6 Å². The van der Waals surface area contributed by atoms with Gasteiger partial charge in [-0.05, 0) is 0 Å². The van der Waals surface area contributed by atoms with Crippen LogP contribution in [0.15, 0.2) is 0 Å². The molecule has 0 saturated carbocycles. The van der Waals surface area contributed by atoms with E-state index < -0.39 is 50.8 Å². The van der Waals surface area contributed by atoms with Gasteiger partial charge in [-0.2, -0.15) is 0 Å². The number of aliphatic hydroxyl groups is 4. The number of rotatable bonds is 6. The van der Waals surface area contributed by atoms with Crippen molar-refractivity contribution >= 4 is 13.5 Å². The molecular weight excluding hydrogens is 307 g/mol. The van der Waals surface area contributed by atoms with Crippen LogP contribution in [0.3, 0.4) is 0 Å². The van der Waals surface area contributed by atoms with E-state index in [1.54, 1.807) is 11.4 Å². The van der Waals surface area contributed by atoms with E-state index in [1.807, 2.05) is 0 Å². The topological polar surface area (TPSA) is 116 Å². The minimum absolute atomic E-state index is 0.207. The molecule has 1 rings (SSSR count). The molecule has 7 nitrogen and oxygen atoms in total. The Morgan fingerprint density at radius 1 is 1.33 bits per heavy atom. The van der Waals surface area contributed by atoms with Gasteiger partial charge < -0.3 is 0 Å². The number of aliphatic hydroxyl groups excluding tert-OH is 4. The first-order chi connectivity index (χ1) is 8.24. The Kier molecular flexibility index (Phi) is 5.86. The fourth-order valence-electron chi connectivity index (χ4n) is 1.70. The van der Waals surface area contributed by atoms with Gasteiger partial charge in [0.15, 0.2) is 0 Å². The summed E-state index contributed by atoms with van der Waals surface area (Å²) in [4.78, 5) is 0. The Balaban J connectivity index is 2.51. The van der Waals surface area contributed by atoms with Crippen molar-refractivity contribution in [3.63, 3.8) is 0 Å². The summed E-state index contributed by atoms with van der Waals surface area (Å²) in [5.41, 5.74) is 3.26. The van der Waals surface area contributed by atoms with Gasteiger partial charge in [0, 0.05) is 0 Å². The molecule has 0 aromatic heterocycles. The predicted octanol–water partition coefficient (Wildman–Crippen LogP) is -1.56. The van der Waals surface area contributed by atoms with Crippen LogP contribution in [0.2, 0.25) is 16.6 Å². The summed E-state index contributed by atoms with van der Waals surface area (Å²) in [5, 5.41) is 37.3. The van der Waals surface area contributed by atoms with Gasteiger partial charge in [-0.15, -0.1) is 0 Å². The van der Waals surface area contributed by atoms with Gasteiger partial charge in [-0.3, -0.25) is 0 Å². The van der Waals surface area contributed by atoms with Gasteiger partial charge in [-0.1, -0.05) is 0 Å². The standard InChI is InChI=1S/C10H21AsO7/c1-11(2,16)3-7-8(14)9(15)10(18-7)17-5-6(13)4-12/h6-10,12-15H,3-5H2,1-2H3. The molecule has 0 aliphatic carbocycles. The van der Waals surface area contributed by atoms with Gasteiger partial charge >= 0.3 is 108 Å². The van der Waals surface area contributed by atoms with Crippen LogP contribution < -0.4 is 0 Å². The third-order valence-electron chi connectivity index (χ3n) is 2.60. The van der Waals surface area contributed by atoms with E-state index in [9.17, 15) is 14.0 Å². The van der Waals surface area contributed by atoms with E-state index in [1.165, 1.54) is 0 Å². The second-order valence-corrected chi connectivity index (χ2v) is 12.3. The second kappa shape index (κ2) is 6.52. The normalized spacial score (nSPS) is 34.8. The maximum atomic E-state index is 11.7. The van der Waals surface area contributed by atoms with Crippen molar-refractivity contribution in [2.24, 2.45) is 0 Å². The molecule has 1 heterocycles. The predicted molar refractivity (Wildman–Crippen MR) is 62.7 cm³/mol. The number of ether oxygens (including phenoxy) is 2. The number of hydrogen-bond acceptors (Lipinski definition) is 7. The molecule has 0 aromatic carbocycles. The Bertz CT molecular complexity index is 305. The van der Waals surface area contributed by atoms with Crippen LogP contribution >= 0.6 is 0 Å². The summed E-state index contributed by atoms with van der Waals surface area (Å²) in [6.45, 7) is -0.671. The van der Waals surface area contributed by atoms with Gasteiger partial charge in [0.2, 0.25) is 0 Å². The van der Waals surface area contributed by atoms with Crippen molar-refractivity contribution in [2.45, 2.75) is 47.3 Å². The Labute approximate surface area is 108 Å². The van der Waals surface area contributed by atoms with Crippen molar-refractivity contribution in [3.05, 3.63) is 0 Å². The Morgan fingerprint density at radius 3 is 2.44 bits per heavy atom. The molecule has 18 heavy (non-hydrogen) atoms. The van der Waals surface area contributed by atoms with Crippen molar-refractivity contribution in [2.75, 3.05) is 13.2 Å². The molecule has 0 bridgehead atoms. The van der Waals surface area contributed by atoms with Crippen LogP contribution in [-0.2, 0) is 13.2 Å². The molecule has 0 spiro atoms. The molecule has 8 heteroatoms. The first-order valence-electron chi connectivity index (χ1n) is 5.70. The van der Waals surface area contributed by atoms with E-state index in [2.05, 4.69) is 0 Å². The Hall–Kier alpha value is 0.118. The summed E-state index contributed by atoms with van der Waals surface area (Å²) in [7, 11) is 0. The van der Waals surface area contributed by atoms with Crippen LogP contribution in [0.5, 0.6) is 0 Å². The zero-order chi connectivity index (χ0) is 13.9. The average molecular weight is 328 g/mol. The molecule has 1 saturated heterocycles. The molecule has 4 N–H and O–H groups in total. The summed E-state index contributed by atoms with van der Waals surface area (Å²) in [6.07, 6.45) is -5.27. The van der Waals surface area contributed by atoms with E-state index >= 15 is 0 Å². The third-order valence-corrected chi connectivity index (χ3v) is 5.20. The molecular formula is C10H21AsO7. The fourth-order valence-corrected chi connectivity index (χ4v) is 4.15. The first-order valence-corrected chi connectivity index (χ1v) is 11.6. The summed E-state index contributed by atoms with van der Waals surface area (Å²) < 4.78 is 22.1. The third kappa shape index (κ3) is 4.66. The monoisotopic (exact) mass is 328 g/mol. The van der Waals surface area contributed by atoms with E-state index in [-0.39, 0.29) is 11.8 Å². The molecule has 5 atom stereocenters. The summed E-state index contributed by atoms with van der Waals surface area (Å²) in [6, 6.07) is 0. The quantitative estimate of drug-likeness (QED) is 0.436. The van der Waals surface area contributed by atoms with Gasteiger partial charge in [0.1, 0.15) is 0 Å². The molecule has 0 amide bonds. The van der Waals surface area contributed by atoms with Crippen LogP contribution in [0, 0.1) is 0 Å². The van der Waals surface area contributed by atoms with Gasteiger partial charge in [-0.25, -0.2) is 0 Å². The first kappa shape index (κ1) is 16.2. The average Bonchev–Trinajstić information content (AvgIpc) is 2.52. The second-order valence-electron chi connectivity index (χ2n) is 4.95. The molecule has 1 aliphatic heterocycles. The van der Waals surface area contributed by atoms with Crippen molar-refractivity contribution in [1.29, 1.82) is 0 Å². The van der Waals surface area contributed by atoms with Gasteiger partial charge in [0.05, 0.1) is 0 Å². The molecule has 5 unspecified atom stereocenters. The zero-order valence-corrected chi connectivity index (χ0v) is 12.3. The molecule has 1 fully saturated rings. The molecule has 0 aromatic rings. The van der Waals surface area contributed by atoms with Gasteiger partial charge in [0.25, 0.3) is 0 Å². The van der Waals surface area contributed by atoms with Crippen molar-refractivity contribution in [1.82, 2.24) is 0 Å². The summed E-state index contributed by atoms with van der Waals surface area (Å²) >= 11 is -2.99. The maximum absolute atomic E-state index is 11.7. The van der Waals surface area contributed by atoms with E-state index in [0.717, 1.165) is 0 Å². The van der Waals surface area contributed by atoms with E-state index in [0.29, 0.717) is 0 Å². The van der Waals surface area contributed by atoms with Crippen molar-refractivity contribution in [3.8, 4) is 0 Å². The number of hydrogen-bond donors (Lipinski definition) is 4. The zero-order valence-electron chi connectivity index (χ0n) is 10.5. The minimum atomic E-state index is -2.99. The SMILES string of the molecule is C[As](C)(=O)CC1OC(OCC(O)CO)C(O)C1O.